The topological polar surface area (TPSA) is 47.9 Å². The first kappa shape index (κ1) is 22.3. The number of halogens is 4. The summed E-state index contributed by atoms with van der Waals surface area (Å²) in [5.74, 6) is -0.260. The summed E-state index contributed by atoms with van der Waals surface area (Å²) in [5, 5.41) is 4.54. The molecule has 1 fully saturated rings. The van der Waals surface area contributed by atoms with E-state index in [1.165, 1.54) is 23.9 Å². The van der Waals surface area contributed by atoms with E-state index >= 15 is 0 Å². The van der Waals surface area contributed by atoms with Gasteiger partial charge in [-0.3, -0.25) is 14.6 Å². The van der Waals surface area contributed by atoms with Crippen molar-refractivity contribution < 1.29 is 18.0 Å². The number of nitrogens with one attached hydrogen (secondary N) is 1. The molecule has 0 atom stereocenters. The Hall–Kier alpha value is -2.42. The second-order valence-corrected chi connectivity index (χ2v) is 7.53. The van der Waals surface area contributed by atoms with E-state index in [0.29, 0.717) is 5.56 Å². The molecule has 0 spiro atoms. The van der Waals surface area contributed by atoms with Crippen molar-refractivity contribution in [1.29, 1.82) is 0 Å². The zero-order valence-electron chi connectivity index (χ0n) is 16.2. The second kappa shape index (κ2) is 10.1. The quantitative estimate of drug-likeness (QED) is 0.553. The molecule has 0 radical (unpaired) electrons. The minimum atomic E-state index is -4.37. The van der Waals surface area contributed by atoms with Crippen LogP contribution in [0.5, 0.6) is 0 Å². The van der Waals surface area contributed by atoms with Gasteiger partial charge in [-0.25, -0.2) is 5.43 Å². The molecule has 5 nitrogen and oxygen atoms in total. The molecule has 1 amide bonds. The third-order valence-corrected chi connectivity index (χ3v) is 5.04. The highest BCUT2D eigenvalue weighted by molar-refractivity contribution is 6.30. The highest BCUT2D eigenvalue weighted by atomic mass is 35.5. The molecule has 0 saturated carbocycles. The predicted molar refractivity (Wildman–Crippen MR) is 110 cm³/mol. The lowest BCUT2D eigenvalue weighted by molar-refractivity contribution is -0.137. The maximum atomic E-state index is 12.5. The Morgan fingerprint density at radius 1 is 1.00 bits per heavy atom. The van der Waals surface area contributed by atoms with Gasteiger partial charge in [0.2, 0.25) is 0 Å². The van der Waals surface area contributed by atoms with Crippen LogP contribution in [-0.4, -0.2) is 54.6 Å². The first-order chi connectivity index (χ1) is 14.3. The highest BCUT2D eigenvalue weighted by Gasteiger charge is 2.29. The van der Waals surface area contributed by atoms with Crippen molar-refractivity contribution in [2.24, 2.45) is 5.10 Å². The van der Waals surface area contributed by atoms with E-state index in [1.54, 1.807) is 0 Å². The number of hydrogen-bond acceptors (Lipinski definition) is 4. The van der Waals surface area contributed by atoms with Crippen molar-refractivity contribution in [3.63, 3.8) is 0 Å². The van der Waals surface area contributed by atoms with Gasteiger partial charge in [-0.05, 0) is 35.4 Å². The van der Waals surface area contributed by atoms with E-state index in [1.807, 2.05) is 29.2 Å². The van der Waals surface area contributed by atoms with E-state index in [0.717, 1.165) is 49.9 Å². The van der Waals surface area contributed by atoms with Crippen LogP contribution in [0.25, 0.3) is 0 Å². The maximum absolute atomic E-state index is 12.5. The maximum Gasteiger partial charge on any atom is 0.416 e. The van der Waals surface area contributed by atoms with Crippen molar-refractivity contribution in [2.75, 3.05) is 32.7 Å². The van der Waals surface area contributed by atoms with Crippen molar-refractivity contribution in [2.45, 2.75) is 12.7 Å². The Kier molecular flexibility index (Phi) is 7.47. The summed E-state index contributed by atoms with van der Waals surface area (Å²) in [7, 11) is 0. The molecule has 9 heteroatoms. The number of nitrogens with zero attached hydrogens (tertiary/aromatic N) is 3. The number of hydrogen-bond donors (Lipinski definition) is 1. The monoisotopic (exact) mass is 438 g/mol. The molecule has 1 aliphatic rings. The molecular formula is C21H22ClF3N4O. The van der Waals surface area contributed by atoms with Gasteiger partial charge in [0.25, 0.3) is 5.91 Å². The van der Waals surface area contributed by atoms with Crippen LogP contribution in [0, 0.1) is 0 Å². The zero-order valence-corrected chi connectivity index (χ0v) is 17.0. The Bertz CT molecular complexity index is 861. The van der Waals surface area contributed by atoms with Gasteiger partial charge in [0.15, 0.2) is 0 Å². The highest BCUT2D eigenvalue weighted by Crippen LogP contribution is 2.28. The Balaban J connectivity index is 1.38. The predicted octanol–water partition coefficient (Wildman–Crippen LogP) is 3.63. The van der Waals surface area contributed by atoms with Crippen molar-refractivity contribution in [1.82, 2.24) is 15.2 Å². The molecular weight excluding hydrogens is 417 g/mol. The number of benzene rings is 2. The van der Waals surface area contributed by atoms with Crippen LogP contribution in [-0.2, 0) is 17.5 Å². The van der Waals surface area contributed by atoms with Gasteiger partial charge in [-0.1, -0.05) is 35.9 Å². The Morgan fingerprint density at radius 3 is 2.20 bits per heavy atom. The molecule has 30 heavy (non-hydrogen) atoms. The fourth-order valence-corrected chi connectivity index (χ4v) is 3.25. The average molecular weight is 439 g/mol. The molecule has 0 aromatic heterocycles. The normalized spacial score (nSPS) is 16.1. The lowest BCUT2D eigenvalue weighted by atomic mass is 10.1. The van der Waals surface area contributed by atoms with E-state index in [9.17, 15) is 18.0 Å². The Labute approximate surface area is 178 Å². The first-order valence-electron chi connectivity index (χ1n) is 9.48. The molecule has 1 N–H and O–H groups in total. The third kappa shape index (κ3) is 6.83. The van der Waals surface area contributed by atoms with Crippen LogP contribution in [0.15, 0.2) is 53.6 Å². The standard InChI is InChI=1S/C21H22ClF3N4O/c22-19-7-3-17(4-8-19)14-28-9-11-29(12-10-28)15-20(30)27-26-13-16-1-5-18(6-2-16)21(23,24)25/h1-8,13H,9-12,14-15H2,(H,27,30). The minimum absolute atomic E-state index is 0.221. The van der Waals surface area contributed by atoms with Crippen LogP contribution in [0.4, 0.5) is 13.2 Å². The molecule has 0 bridgehead atoms. The molecule has 3 rings (SSSR count). The molecule has 1 aliphatic heterocycles. The van der Waals surface area contributed by atoms with Crippen molar-refractivity contribution >= 4 is 23.7 Å². The van der Waals surface area contributed by atoms with Crippen molar-refractivity contribution in [3.8, 4) is 0 Å². The molecule has 0 unspecified atom stereocenters. The lowest BCUT2D eigenvalue weighted by Crippen LogP contribution is -2.48. The summed E-state index contributed by atoms with van der Waals surface area (Å²) in [6.07, 6.45) is -3.05. The number of amides is 1. The summed E-state index contributed by atoms with van der Waals surface area (Å²) >= 11 is 5.91. The number of carbonyl (C=O) groups excluding carboxylic acids is 1. The Morgan fingerprint density at radius 2 is 1.60 bits per heavy atom. The average Bonchev–Trinajstić information content (AvgIpc) is 2.71. The van der Waals surface area contributed by atoms with E-state index in [2.05, 4.69) is 15.4 Å². The molecule has 2 aromatic rings. The molecule has 0 aliphatic carbocycles. The summed E-state index contributed by atoms with van der Waals surface area (Å²) in [6, 6.07) is 12.3. The van der Waals surface area contributed by atoms with Crippen LogP contribution < -0.4 is 5.43 Å². The van der Waals surface area contributed by atoms with Crippen molar-refractivity contribution in [3.05, 3.63) is 70.2 Å². The van der Waals surface area contributed by atoms with Gasteiger partial charge in [-0.2, -0.15) is 18.3 Å². The molecule has 2 aromatic carbocycles. The fraction of sp³-hybridized carbons (Fsp3) is 0.333. The SMILES string of the molecule is O=C(CN1CCN(Cc2ccc(Cl)cc2)CC1)NN=Cc1ccc(C(F)(F)F)cc1. The van der Waals surface area contributed by atoms with Gasteiger partial charge < -0.3 is 0 Å². The van der Waals surface area contributed by atoms with Gasteiger partial charge >= 0.3 is 6.18 Å². The van der Waals surface area contributed by atoms with E-state index in [4.69, 9.17) is 11.6 Å². The zero-order chi connectivity index (χ0) is 21.6. The van der Waals surface area contributed by atoms with Gasteiger partial charge in [-0.15, -0.1) is 0 Å². The molecule has 1 saturated heterocycles. The largest absolute Gasteiger partial charge is 0.416 e. The van der Waals surface area contributed by atoms with Crippen LogP contribution in [0.1, 0.15) is 16.7 Å². The minimum Gasteiger partial charge on any atom is -0.297 e. The van der Waals surface area contributed by atoms with E-state index in [-0.39, 0.29) is 12.5 Å². The summed E-state index contributed by atoms with van der Waals surface area (Å²) in [4.78, 5) is 16.4. The number of hydrazone groups is 1. The number of piperazine rings is 1. The molecule has 160 valence electrons. The summed E-state index contributed by atoms with van der Waals surface area (Å²) in [5.41, 5.74) is 3.37. The van der Waals surface area contributed by atoms with Crippen LogP contribution in [0.3, 0.4) is 0 Å². The number of alkyl halides is 3. The number of rotatable bonds is 6. The van der Waals surface area contributed by atoms with Gasteiger partial charge in [0.05, 0.1) is 18.3 Å². The second-order valence-electron chi connectivity index (χ2n) is 7.09. The van der Waals surface area contributed by atoms with Gasteiger partial charge in [0.1, 0.15) is 0 Å². The van der Waals surface area contributed by atoms with Crippen LogP contribution in [0.2, 0.25) is 5.02 Å². The first-order valence-corrected chi connectivity index (χ1v) is 9.86. The number of carbonyl (C=O) groups is 1. The van der Waals surface area contributed by atoms with Crippen LogP contribution >= 0.6 is 11.6 Å². The lowest BCUT2D eigenvalue weighted by Gasteiger charge is -2.34. The smallest absolute Gasteiger partial charge is 0.297 e. The summed E-state index contributed by atoms with van der Waals surface area (Å²) < 4.78 is 37.6. The summed E-state index contributed by atoms with van der Waals surface area (Å²) in [6.45, 7) is 4.30. The fourth-order valence-electron chi connectivity index (χ4n) is 3.13. The molecule has 1 heterocycles. The third-order valence-electron chi connectivity index (χ3n) is 4.79. The van der Waals surface area contributed by atoms with Gasteiger partial charge in [0, 0.05) is 37.7 Å². The van der Waals surface area contributed by atoms with E-state index < -0.39 is 11.7 Å².